The summed E-state index contributed by atoms with van der Waals surface area (Å²) in [6.07, 6.45) is 2.30. The van der Waals surface area contributed by atoms with E-state index in [1.807, 2.05) is 9.80 Å². The molecule has 1 aromatic heterocycles. The molecule has 2 rings (SSSR count). The first-order valence-corrected chi connectivity index (χ1v) is 6.24. The molecule has 0 aliphatic carbocycles. The number of hydrogen-bond donors (Lipinski definition) is 1. The molecule has 1 amide bonds. The number of rotatable bonds is 1. The summed E-state index contributed by atoms with van der Waals surface area (Å²) >= 11 is 6.11. The minimum Gasteiger partial charge on any atom is -0.382 e. The molecule has 0 spiro atoms. The number of halogens is 1. The Morgan fingerprint density at radius 2 is 2.11 bits per heavy atom. The van der Waals surface area contributed by atoms with Crippen LogP contribution in [0, 0.1) is 0 Å². The van der Waals surface area contributed by atoms with Gasteiger partial charge in [0, 0.05) is 33.1 Å². The predicted octanol–water partition coefficient (Wildman–Crippen LogP) is 0.771. The molecule has 0 saturated carbocycles. The third-order valence-corrected chi connectivity index (χ3v) is 3.40. The van der Waals surface area contributed by atoms with E-state index in [0.717, 1.165) is 19.5 Å². The Bertz CT molecular complexity index is 453. The number of carbonyl (C=O) groups is 1. The van der Waals surface area contributed by atoms with Crippen molar-refractivity contribution in [3.63, 3.8) is 0 Å². The molecule has 98 valence electrons. The number of nitrogens with zero attached hydrogens (tertiary/aromatic N) is 4. The van der Waals surface area contributed by atoms with Crippen molar-refractivity contribution in [1.29, 1.82) is 0 Å². The average Bonchev–Trinajstić information content (AvgIpc) is 2.58. The highest BCUT2D eigenvalue weighted by Crippen LogP contribution is 2.27. The fraction of sp³-hybridized carbons (Fsp3) is 0.545. The molecule has 1 fully saturated rings. The van der Waals surface area contributed by atoms with Gasteiger partial charge in [-0.15, -0.1) is 0 Å². The van der Waals surface area contributed by atoms with Gasteiger partial charge in [-0.3, -0.25) is 4.79 Å². The molecule has 1 aliphatic heterocycles. The van der Waals surface area contributed by atoms with Crippen molar-refractivity contribution in [3.05, 3.63) is 11.3 Å². The van der Waals surface area contributed by atoms with Crippen molar-refractivity contribution in [1.82, 2.24) is 14.9 Å². The Morgan fingerprint density at radius 1 is 1.33 bits per heavy atom. The molecule has 1 saturated heterocycles. The minimum atomic E-state index is 0.102. The summed E-state index contributed by atoms with van der Waals surface area (Å²) in [5.74, 6) is 1.04. The number of hydrogen-bond acceptors (Lipinski definition) is 5. The van der Waals surface area contributed by atoms with Gasteiger partial charge >= 0.3 is 0 Å². The largest absolute Gasteiger partial charge is 0.382 e. The molecule has 1 aliphatic rings. The first-order chi connectivity index (χ1) is 8.59. The van der Waals surface area contributed by atoms with Crippen LogP contribution >= 0.6 is 11.6 Å². The lowest BCUT2D eigenvalue weighted by Crippen LogP contribution is -2.34. The molecule has 0 atom stereocenters. The second-order valence-electron chi connectivity index (χ2n) is 4.24. The van der Waals surface area contributed by atoms with Crippen LogP contribution in [0.5, 0.6) is 0 Å². The van der Waals surface area contributed by atoms with Gasteiger partial charge in [0.2, 0.25) is 5.91 Å². The fourth-order valence-corrected chi connectivity index (χ4v) is 2.26. The summed E-state index contributed by atoms with van der Waals surface area (Å²) < 4.78 is 0. The molecular formula is C11H16ClN5O. The van der Waals surface area contributed by atoms with Gasteiger partial charge in [0.15, 0.2) is 5.82 Å². The third kappa shape index (κ3) is 2.64. The molecule has 0 unspecified atom stereocenters. The number of nitrogen functional groups attached to an aromatic ring is 1. The number of carbonyl (C=O) groups excluding carboxylic acids is 1. The van der Waals surface area contributed by atoms with E-state index in [2.05, 4.69) is 9.97 Å². The molecular weight excluding hydrogens is 254 g/mol. The average molecular weight is 270 g/mol. The SMILES string of the molecule is CC(=O)N1CCCN(c2ncnc(N)c2Cl)CC1. The number of nitrogens with two attached hydrogens (primary N) is 1. The third-order valence-electron chi connectivity index (χ3n) is 3.04. The van der Waals surface area contributed by atoms with Gasteiger partial charge in [0.1, 0.15) is 17.2 Å². The summed E-state index contributed by atoms with van der Waals surface area (Å²) in [6.45, 7) is 4.54. The van der Waals surface area contributed by atoms with E-state index in [-0.39, 0.29) is 11.7 Å². The van der Waals surface area contributed by atoms with Crippen LogP contribution in [0.2, 0.25) is 5.02 Å². The molecule has 2 N–H and O–H groups in total. The number of amides is 1. The van der Waals surface area contributed by atoms with Crippen LogP contribution in [0.4, 0.5) is 11.6 Å². The first kappa shape index (κ1) is 12.9. The fourth-order valence-electron chi connectivity index (χ4n) is 2.04. The highest BCUT2D eigenvalue weighted by atomic mass is 35.5. The van der Waals surface area contributed by atoms with E-state index in [9.17, 15) is 4.79 Å². The van der Waals surface area contributed by atoms with Gasteiger partial charge in [-0.25, -0.2) is 9.97 Å². The normalized spacial score (nSPS) is 16.6. The lowest BCUT2D eigenvalue weighted by atomic mass is 10.3. The highest BCUT2D eigenvalue weighted by molar-refractivity contribution is 6.35. The number of anilines is 2. The lowest BCUT2D eigenvalue weighted by Gasteiger charge is -2.23. The summed E-state index contributed by atoms with van der Waals surface area (Å²) in [7, 11) is 0. The Morgan fingerprint density at radius 3 is 2.83 bits per heavy atom. The van der Waals surface area contributed by atoms with Crippen LogP contribution in [0.25, 0.3) is 0 Å². The van der Waals surface area contributed by atoms with Crippen molar-refractivity contribution in [3.8, 4) is 0 Å². The zero-order valence-electron chi connectivity index (χ0n) is 10.3. The zero-order valence-corrected chi connectivity index (χ0v) is 11.0. The number of aromatic nitrogens is 2. The maximum absolute atomic E-state index is 11.4. The van der Waals surface area contributed by atoms with E-state index >= 15 is 0 Å². The quantitative estimate of drug-likeness (QED) is 0.815. The molecule has 18 heavy (non-hydrogen) atoms. The van der Waals surface area contributed by atoms with Crippen LogP contribution < -0.4 is 10.6 Å². The Kier molecular flexibility index (Phi) is 3.86. The van der Waals surface area contributed by atoms with Crippen molar-refractivity contribution >= 4 is 29.1 Å². The molecule has 1 aromatic rings. The second kappa shape index (κ2) is 5.39. The molecule has 0 aromatic carbocycles. The van der Waals surface area contributed by atoms with E-state index < -0.39 is 0 Å². The molecule has 0 radical (unpaired) electrons. The van der Waals surface area contributed by atoms with Gasteiger partial charge in [-0.2, -0.15) is 0 Å². The monoisotopic (exact) mass is 269 g/mol. The molecule has 7 heteroatoms. The van der Waals surface area contributed by atoms with Gasteiger partial charge in [0.05, 0.1) is 0 Å². The van der Waals surface area contributed by atoms with Gasteiger partial charge in [0.25, 0.3) is 0 Å². The van der Waals surface area contributed by atoms with Crippen molar-refractivity contribution in [2.45, 2.75) is 13.3 Å². The lowest BCUT2D eigenvalue weighted by molar-refractivity contribution is -0.128. The van der Waals surface area contributed by atoms with E-state index in [4.69, 9.17) is 17.3 Å². The van der Waals surface area contributed by atoms with E-state index in [0.29, 0.717) is 23.9 Å². The minimum absolute atomic E-state index is 0.102. The van der Waals surface area contributed by atoms with E-state index in [1.54, 1.807) is 6.92 Å². The topological polar surface area (TPSA) is 75.4 Å². The van der Waals surface area contributed by atoms with Gasteiger partial charge in [-0.05, 0) is 6.42 Å². The van der Waals surface area contributed by atoms with Crippen molar-refractivity contribution < 1.29 is 4.79 Å². The highest BCUT2D eigenvalue weighted by Gasteiger charge is 2.20. The first-order valence-electron chi connectivity index (χ1n) is 5.86. The van der Waals surface area contributed by atoms with E-state index in [1.165, 1.54) is 6.33 Å². The molecule has 0 bridgehead atoms. The smallest absolute Gasteiger partial charge is 0.219 e. The summed E-state index contributed by atoms with van der Waals surface area (Å²) in [5.41, 5.74) is 5.67. The second-order valence-corrected chi connectivity index (χ2v) is 4.62. The summed E-state index contributed by atoms with van der Waals surface area (Å²) in [5, 5.41) is 0.383. The van der Waals surface area contributed by atoms with Gasteiger partial charge < -0.3 is 15.5 Å². The molecule has 2 heterocycles. The Balaban J connectivity index is 2.15. The maximum atomic E-state index is 11.4. The van der Waals surface area contributed by atoms with Crippen molar-refractivity contribution in [2.24, 2.45) is 0 Å². The van der Waals surface area contributed by atoms with Gasteiger partial charge in [-0.1, -0.05) is 11.6 Å². The maximum Gasteiger partial charge on any atom is 0.219 e. The van der Waals surface area contributed by atoms with Crippen LogP contribution in [-0.2, 0) is 4.79 Å². The standard InChI is InChI=1S/C11H16ClN5O/c1-8(18)16-3-2-4-17(6-5-16)11-9(12)10(13)14-7-15-11/h7H,2-6H2,1H3,(H2,13,14,15). The van der Waals surface area contributed by atoms with Crippen LogP contribution in [0.1, 0.15) is 13.3 Å². The zero-order chi connectivity index (χ0) is 13.1. The van der Waals surface area contributed by atoms with Crippen LogP contribution in [0.15, 0.2) is 6.33 Å². The predicted molar refractivity (Wildman–Crippen MR) is 70.5 cm³/mol. The summed E-state index contributed by atoms with van der Waals surface area (Å²) in [4.78, 5) is 23.2. The Labute approximate surface area is 111 Å². The van der Waals surface area contributed by atoms with Crippen LogP contribution in [0.3, 0.4) is 0 Å². The summed E-state index contributed by atoms with van der Waals surface area (Å²) in [6, 6.07) is 0. The molecule has 6 nitrogen and oxygen atoms in total. The van der Waals surface area contributed by atoms with Crippen molar-refractivity contribution in [2.75, 3.05) is 36.8 Å². The Hall–Kier alpha value is -1.56. The van der Waals surface area contributed by atoms with Crippen LogP contribution in [-0.4, -0.2) is 47.0 Å².